The number of unbranched alkanes of at least 4 members (excludes halogenated alkanes) is 1. The van der Waals surface area contributed by atoms with Crippen molar-refractivity contribution >= 4 is 23.4 Å². The van der Waals surface area contributed by atoms with Gasteiger partial charge < -0.3 is 20.9 Å². The van der Waals surface area contributed by atoms with E-state index in [1.54, 1.807) is 30.3 Å². The smallest absolute Gasteiger partial charge is 0.400 e. The summed E-state index contributed by atoms with van der Waals surface area (Å²) < 4.78 is 39.9. The van der Waals surface area contributed by atoms with Crippen molar-refractivity contribution in [2.45, 2.75) is 70.8 Å². The number of anilines is 2. The number of esters is 1. The second kappa shape index (κ2) is 12.7. The van der Waals surface area contributed by atoms with E-state index in [1.165, 1.54) is 24.6 Å². The molecule has 3 rings (SSSR count). The standard InChI is InChI=1S/C29H38F2N2O3/c1-3-4-5-21-6-11-23(12-7-21)29(30,31)36-25-14-8-22(9-15-25)10-17-28(34)35-19-20(2)26-16-13-24(32)18-27(26)33/h8-10,13-18,20-21,23H,3-7,11-12,19,32-33H2,1-2H3/b17-10+. The average molecular weight is 501 g/mol. The minimum Gasteiger partial charge on any atom is -0.462 e. The summed E-state index contributed by atoms with van der Waals surface area (Å²) in [6, 6.07) is 11.5. The van der Waals surface area contributed by atoms with Crippen LogP contribution < -0.4 is 16.2 Å². The second-order valence-electron chi connectivity index (χ2n) is 9.85. The Labute approximate surface area is 212 Å². The summed E-state index contributed by atoms with van der Waals surface area (Å²) in [7, 11) is 0. The van der Waals surface area contributed by atoms with E-state index in [2.05, 4.69) is 6.92 Å². The van der Waals surface area contributed by atoms with Gasteiger partial charge in [0.25, 0.3) is 0 Å². The first-order valence-electron chi connectivity index (χ1n) is 12.8. The number of ether oxygens (including phenoxy) is 2. The molecule has 0 heterocycles. The monoisotopic (exact) mass is 500 g/mol. The van der Waals surface area contributed by atoms with Crippen LogP contribution in [0.4, 0.5) is 20.2 Å². The largest absolute Gasteiger partial charge is 0.462 e. The Kier molecular flexibility index (Phi) is 9.73. The van der Waals surface area contributed by atoms with Gasteiger partial charge >= 0.3 is 12.1 Å². The van der Waals surface area contributed by atoms with Gasteiger partial charge in [-0.3, -0.25) is 0 Å². The SMILES string of the molecule is CCCCC1CCC(C(F)(F)Oc2ccc(/C=C/C(=O)OCC(C)c3ccc(N)cc3N)cc2)CC1. The molecule has 0 bridgehead atoms. The first kappa shape index (κ1) is 27.5. The highest BCUT2D eigenvalue weighted by Crippen LogP contribution is 2.41. The van der Waals surface area contributed by atoms with E-state index in [9.17, 15) is 13.6 Å². The van der Waals surface area contributed by atoms with E-state index in [-0.39, 0.29) is 18.3 Å². The Balaban J connectivity index is 1.46. The van der Waals surface area contributed by atoms with Crippen LogP contribution in [-0.4, -0.2) is 18.7 Å². The summed E-state index contributed by atoms with van der Waals surface area (Å²) in [5.74, 6) is -0.669. The van der Waals surface area contributed by atoms with E-state index in [1.807, 2.05) is 13.0 Å². The third-order valence-corrected chi connectivity index (χ3v) is 6.95. The van der Waals surface area contributed by atoms with E-state index >= 15 is 0 Å². The number of rotatable bonds is 11. The fourth-order valence-electron chi connectivity index (χ4n) is 4.72. The van der Waals surface area contributed by atoms with Crippen molar-refractivity contribution in [2.24, 2.45) is 11.8 Å². The van der Waals surface area contributed by atoms with Gasteiger partial charge in [-0.1, -0.05) is 51.3 Å². The normalized spacial score (nSPS) is 19.2. The number of nitrogen functional groups attached to an aromatic ring is 2. The van der Waals surface area contributed by atoms with Gasteiger partial charge in [-0.25, -0.2) is 4.79 Å². The van der Waals surface area contributed by atoms with Crippen LogP contribution in [0.25, 0.3) is 6.08 Å². The third kappa shape index (κ3) is 7.97. The van der Waals surface area contributed by atoms with Gasteiger partial charge in [0, 0.05) is 23.4 Å². The van der Waals surface area contributed by atoms with Gasteiger partial charge in [-0.15, -0.1) is 0 Å². The van der Waals surface area contributed by atoms with E-state index in [0.717, 1.165) is 31.2 Å². The van der Waals surface area contributed by atoms with Crippen LogP contribution in [0.3, 0.4) is 0 Å². The quantitative estimate of drug-likeness (QED) is 0.194. The summed E-state index contributed by atoms with van der Waals surface area (Å²) in [6.07, 6.45) is 5.80. The number of benzene rings is 2. The Morgan fingerprint density at radius 1 is 1.11 bits per heavy atom. The molecule has 1 atom stereocenters. The zero-order valence-electron chi connectivity index (χ0n) is 21.2. The molecule has 5 nitrogen and oxygen atoms in total. The van der Waals surface area contributed by atoms with Crippen molar-refractivity contribution in [3.8, 4) is 5.75 Å². The Morgan fingerprint density at radius 2 is 1.81 bits per heavy atom. The van der Waals surface area contributed by atoms with Crippen LogP contribution in [0.1, 0.15) is 75.8 Å². The molecule has 0 aromatic heterocycles. The zero-order chi connectivity index (χ0) is 26.1. The molecule has 196 valence electrons. The van der Waals surface area contributed by atoms with Crippen molar-refractivity contribution in [3.63, 3.8) is 0 Å². The molecule has 2 aromatic carbocycles. The highest BCUT2D eigenvalue weighted by molar-refractivity contribution is 5.87. The van der Waals surface area contributed by atoms with Crippen molar-refractivity contribution in [2.75, 3.05) is 18.1 Å². The molecule has 0 radical (unpaired) electrons. The lowest BCUT2D eigenvalue weighted by atomic mass is 9.79. The maximum Gasteiger partial charge on any atom is 0.400 e. The molecule has 36 heavy (non-hydrogen) atoms. The fourth-order valence-corrected chi connectivity index (χ4v) is 4.72. The summed E-state index contributed by atoms with van der Waals surface area (Å²) in [5, 5.41) is 0. The van der Waals surface area contributed by atoms with Crippen LogP contribution in [0, 0.1) is 11.8 Å². The maximum atomic E-state index is 14.7. The number of halogens is 2. The molecule has 2 aromatic rings. The number of alkyl halides is 2. The average Bonchev–Trinajstić information content (AvgIpc) is 2.85. The molecular weight excluding hydrogens is 462 g/mol. The summed E-state index contributed by atoms with van der Waals surface area (Å²) in [6.45, 7) is 4.23. The van der Waals surface area contributed by atoms with Crippen molar-refractivity contribution in [1.29, 1.82) is 0 Å². The number of carbonyl (C=O) groups excluding carboxylic acids is 1. The molecular formula is C29H38F2N2O3. The Bertz CT molecular complexity index is 1020. The topological polar surface area (TPSA) is 87.6 Å². The molecule has 0 saturated heterocycles. The zero-order valence-corrected chi connectivity index (χ0v) is 21.2. The minimum absolute atomic E-state index is 0.0903. The molecule has 1 unspecified atom stereocenters. The molecule has 4 N–H and O–H groups in total. The van der Waals surface area contributed by atoms with Gasteiger partial charge in [0.15, 0.2) is 0 Å². The highest BCUT2D eigenvalue weighted by atomic mass is 19.3. The summed E-state index contributed by atoms with van der Waals surface area (Å²) in [4.78, 5) is 12.1. The Hall–Kier alpha value is -3.09. The molecule has 0 amide bonds. The highest BCUT2D eigenvalue weighted by Gasteiger charge is 2.43. The molecule has 1 aliphatic rings. The van der Waals surface area contributed by atoms with Crippen molar-refractivity contribution < 1.29 is 23.0 Å². The molecule has 1 saturated carbocycles. The van der Waals surface area contributed by atoms with Gasteiger partial charge in [-0.05, 0) is 73.1 Å². The van der Waals surface area contributed by atoms with E-state index < -0.39 is 18.0 Å². The summed E-state index contributed by atoms with van der Waals surface area (Å²) in [5.41, 5.74) is 14.4. The Morgan fingerprint density at radius 3 is 2.44 bits per heavy atom. The second-order valence-corrected chi connectivity index (χ2v) is 9.85. The predicted octanol–water partition coefficient (Wildman–Crippen LogP) is 7.18. The van der Waals surface area contributed by atoms with Crippen molar-refractivity contribution in [1.82, 2.24) is 0 Å². The van der Waals surface area contributed by atoms with Gasteiger partial charge in [0.05, 0.1) is 12.5 Å². The summed E-state index contributed by atoms with van der Waals surface area (Å²) >= 11 is 0. The van der Waals surface area contributed by atoms with E-state index in [4.69, 9.17) is 20.9 Å². The first-order valence-corrected chi connectivity index (χ1v) is 12.8. The molecule has 7 heteroatoms. The predicted molar refractivity (Wildman–Crippen MR) is 141 cm³/mol. The molecule has 1 aliphatic carbocycles. The maximum absolute atomic E-state index is 14.7. The van der Waals surface area contributed by atoms with Gasteiger partial charge in [0.2, 0.25) is 0 Å². The van der Waals surface area contributed by atoms with Crippen LogP contribution in [-0.2, 0) is 9.53 Å². The molecule has 0 aliphatic heterocycles. The number of hydrogen-bond donors (Lipinski definition) is 2. The van der Waals surface area contributed by atoms with Crippen LogP contribution in [0.15, 0.2) is 48.5 Å². The van der Waals surface area contributed by atoms with Crippen LogP contribution in [0.2, 0.25) is 0 Å². The fraction of sp³-hybridized carbons (Fsp3) is 0.483. The van der Waals surface area contributed by atoms with Crippen LogP contribution >= 0.6 is 0 Å². The lowest BCUT2D eigenvalue weighted by Crippen LogP contribution is -2.37. The first-order chi connectivity index (χ1) is 17.2. The van der Waals surface area contributed by atoms with Crippen molar-refractivity contribution in [3.05, 3.63) is 59.7 Å². The van der Waals surface area contributed by atoms with Gasteiger partial charge in [0.1, 0.15) is 5.75 Å². The lowest BCUT2D eigenvalue weighted by Gasteiger charge is -2.33. The molecule has 1 fully saturated rings. The number of nitrogens with two attached hydrogens (primary N) is 2. The minimum atomic E-state index is -3.19. The van der Waals surface area contributed by atoms with E-state index in [0.29, 0.717) is 35.7 Å². The van der Waals surface area contributed by atoms with Gasteiger partial charge in [-0.2, -0.15) is 8.78 Å². The number of hydrogen-bond acceptors (Lipinski definition) is 5. The molecule has 0 spiro atoms. The number of carbonyl (C=O) groups is 1. The lowest BCUT2D eigenvalue weighted by molar-refractivity contribution is -0.223. The van der Waals surface area contributed by atoms with Crippen LogP contribution in [0.5, 0.6) is 5.75 Å². The third-order valence-electron chi connectivity index (χ3n) is 6.95.